The molecular formula is C10H19N. The summed E-state index contributed by atoms with van der Waals surface area (Å²) < 4.78 is 0. The smallest absolute Gasteiger partial charge is 0.00683 e. The van der Waals surface area contributed by atoms with Crippen LogP contribution in [0.3, 0.4) is 0 Å². The molecule has 2 rings (SSSR count). The van der Waals surface area contributed by atoms with Crippen LogP contribution in [0.1, 0.15) is 39.0 Å². The highest BCUT2D eigenvalue weighted by atomic mass is 14.9. The van der Waals surface area contributed by atoms with Gasteiger partial charge in [0.15, 0.2) is 0 Å². The summed E-state index contributed by atoms with van der Waals surface area (Å²) in [6.07, 6.45) is 7.33. The topological polar surface area (TPSA) is 12.0 Å². The van der Waals surface area contributed by atoms with E-state index in [1.165, 1.54) is 38.6 Å². The van der Waals surface area contributed by atoms with Crippen molar-refractivity contribution in [3.63, 3.8) is 0 Å². The van der Waals surface area contributed by atoms with Crippen LogP contribution in [0.5, 0.6) is 0 Å². The van der Waals surface area contributed by atoms with E-state index in [2.05, 4.69) is 12.2 Å². The van der Waals surface area contributed by atoms with E-state index in [0.717, 1.165) is 17.9 Å². The highest BCUT2D eigenvalue weighted by Gasteiger charge is 2.26. The van der Waals surface area contributed by atoms with E-state index >= 15 is 0 Å². The largest absolute Gasteiger partial charge is 0.314 e. The summed E-state index contributed by atoms with van der Waals surface area (Å²) in [4.78, 5) is 0. The van der Waals surface area contributed by atoms with Gasteiger partial charge in [-0.3, -0.25) is 0 Å². The van der Waals surface area contributed by atoms with E-state index in [4.69, 9.17) is 0 Å². The van der Waals surface area contributed by atoms with Gasteiger partial charge in [0.1, 0.15) is 0 Å². The molecule has 0 saturated heterocycles. The van der Waals surface area contributed by atoms with Crippen LogP contribution < -0.4 is 5.32 Å². The van der Waals surface area contributed by atoms with E-state index in [-0.39, 0.29) is 0 Å². The molecule has 1 nitrogen and oxygen atoms in total. The molecule has 0 heterocycles. The van der Waals surface area contributed by atoms with Gasteiger partial charge in [-0.15, -0.1) is 0 Å². The summed E-state index contributed by atoms with van der Waals surface area (Å²) in [6, 6.07) is 0.900. The molecule has 0 spiro atoms. The Balaban J connectivity index is 1.59. The van der Waals surface area contributed by atoms with Crippen molar-refractivity contribution in [2.75, 3.05) is 6.54 Å². The Morgan fingerprint density at radius 1 is 1.27 bits per heavy atom. The molecule has 0 aromatic heterocycles. The molecule has 0 aromatic rings. The Morgan fingerprint density at radius 2 is 2.00 bits per heavy atom. The standard InChI is InChI=1S/C10H19N/c1-8(9-3-2-4-9)7-11-10-5-6-10/h8-11H,2-7H2,1H3. The fourth-order valence-corrected chi connectivity index (χ4v) is 1.82. The fraction of sp³-hybridized carbons (Fsp3) is 1.00. The number of rotatable bonds is 4. The van der Waals surface area contributed by atoms with Crippen LogP contribution in [-0.2, 0) is 0 Å². The quantitative estimate of drug-likeness (QED) is 0.652. The van der Waals surface area contributed by atoms with Crippen molar-refractivity contribution in [1.82, 2.24) is 5.32 Å². The second kappa shape index (κ2) is 3.14. The van der Waals surface area contributed by atoms with E-state index in [9.17, 15) is 0 Å². The summed E-state index contributed by atoms with van der Waals surface area (Å²) in [7, 11) is 0. The molecule has 0 aliphatic heterocycles. The van der Waals surface area contributed by atoms with Crippen molar-refractivity contribution in [2.45, 2.75) is 45.1 Å². The Hall–Kier alpha value is -0.0400. The van der Waals surface area contributed by atoms with Crippen molar-refractivity contribution in [1.29, 1.82) is 0 Å². The molecule has 2 aliphatic carbocycles. The van der Waals surface area contributed by atoms with Crippen LogP contribution in [0, 0.1) is 11.8 Å². The minimum atomic E-state index is 0.900. The number of nitrogens with one attached hydrogen (secondary N) is 1. The lowest BCUT2D eigenvalue weighted by atomic mass is 9.77. The second-order valence-electron chi connectivity index (χ2n) is 4.35. The average Bonchev–Trinajstić information content (AvgIpc) is 2.61. The lowest BCUT2D eigenvalue weighted by Crippen LogP contribution is -2.30. The van der Waals surface area contributed by atoms with Crippen molar-refractivity contribution in [2.24, 2.45) is 11.8 Å². The van der Waals surface area contributed by atoms with Gasteiger partial charge in [-0.1, -0.05) is 26.2 Å². The zero-order valence-corrected chi connectivity index (χ0v) is 7.47. The third kappa shape index (κ3) is 1.96. The zero-order chi connectivity index (χ0) is 7.68. The predicted octanol–water partition coefficient (Wildman–Crippen LogP) is 2.17. The Morgan fingerprint density at radius 3 is 2.45 bits per heavy atom. The van der Waals surface area contributed by atoms with Crippen molar-refractivity contribution in [3.8, 4) is 0 Å². The maximum Gasteiger partial charge on any atom is 0.00683 e. The van der Waals surface area contributed by atoms with Crippen molar-refractivity contribution in [3.05, 3.63) is 0 Å². The van der Waals surface area contributed by atoms with Crippen molar-refractivity contribution >= 4 is 0 Å². The molecule has 64 valence electrons. The first kappa shape index (κ1) is 7.60. The SMILES string of the molecule is CC(CNC1CC1)C1CCC1. The second-order valence-corrected chi connectivity index (χ2v) is 4.35. The Bertz CT molecular complexity index is 125. The van der Waals surface area contributed by atoms with Crippen LogP contribution >= 0.6 is 0 Å². The molecule has 0 aromatic carbocycles. The van der Waals surface area contributed by atoms with Gasteiger partial charge in [0.05, 0.1) is 0 Å². The lowest BCUT2D eigenvalue weighted by molar-refractivity contribution is 0.215. The Kier molecular flexibility index (Phi) is 2.17. The molecule has 1 atom stereocenters. The number of hydrogen-bond acceptors (Lipinski definition) is 1. The maximum absolute atomic E-state index is 3.61. The third-order valence-electron chi connectivity index (χ3n) is 3.26. The van der Waals surface area contributed by atoms with Gasteiger partial charge in [0, 0.05) is 6.04 Å². The normalized spacial score (nSPS) is 28.1. The summed E-state index contributed by atoms with van der Waals surface area (Å²) >= 11 is 0. The van der Waals surface area contributed by atoms with Crippen LogP contribution in [-0.4, -0.2) is 12.6 Å². The molecule has 1 unspecified atom stereocenters. The molecule has 0 radical (unpaired) electrons. The van der Waals surface area contributed by atoms with E-state index in [1.54, 1.807) is 0 Å². The zero-order valence-electron chi connectivity index (χ0n) is 7.47. The van der Waals surface area contributed by atoms with Crippen LogP contribution in [0.4, 0.5) is 0 Å². The molecule has 11 heavy (non-hydrogen) atoms. The molecule has 2 saturated carbocycles. The predicted molar refractivity (Wildman–Crippen MR) is 47.5 cm³/mol. The molecule has 0 bridgehead atoms. The van der Waals surface area contributed by atoms with Crippen LogP contribution in [0.2, 0.25) is 0 Å². The first-order chi connectivity index (χ1) is 5.36. The third-order valence-corrected chi connectivity index (χ3v) is 3.26. The molecule has 0 amide bonds. The first-order valence-corrected chi connectivity index (χ1v) is 5.09. The highest BCUT2D eigenvalue weighted by Crippen LogP contribution is 2.33. The monoisotopic (exact) mass is 153 g/mol. The van der Waals surface area contributed by atoms with Crippen LogP contribution in [0.15, 0.2) is 0 Å². The minimum Gasteiger partial charge on any atom is -0.314 e. The molecular weight excluding hydrogens is 134 g/mol. The van der Waals surface area contributed by atoms with Gasteiger partial charge in [0.2, 0.25) is 0 Å². The van der Waals surface area contributed by atoms with E-state index < -0.39 is 0 Å². The maximum atomic E-state index is 3.61. The fourth-order valence-electron chi connectivity index (χ4n) is 1.82. The minimum absolute atomic E-state index is 0.900. The average molecular weight is 153 g/mol. The number of hydrogen-bond donors (Lipinski definition) is 1. The van der Waals surface area contributed by atoms with Gasteiger partial charge in [-0.05, 0) is 31.2 Å². The summed E-state index contributed by atoms with van der Waals surface area (Å²) in [5.41, 5.74) is 0. The van der Waals surface area contributed by atoms with Crippen LogP contribution in [0.25, 0.3) is 0 Å². The molecule has 1 N–H and O–H groups in total. The summed E-state index contributed by atoms with van der Waals surface area (Å²) in [5.74, 6) is 1.99. The Labute approximate surface area is 69.6 Å². The molecule has 1 heteroatoms. The molecule has 2 aliphatic rings. The van der Waals surface area contributed by atoms with Gasteiger partial charge in [-0.25, -0.2) is 0 Å². The van der Waals surface area contributed by atoms with E-state index in [1.807, 2.05) is 0 Å². The van der Waals surface area contributed by atoms with E-state index in [0.29, 0.717) is 0 Å². The lowest BCUT2D eigenvalue weighted by Gasteiger charge is -2.31. The highest BCUT2D eigenvalue weighted by molar-refractivity contribution is 4.83. The first-order valence-electron chi connectivity index (χ1n) is 5.09. The van der Waals surface area contributed by atoms with Gasteiger partial charge in [-0.2, -0.15) is 0 Å². The molecule has 2 fully saturated rings. The van der Waals surface area contributed by atoms with Gasteiger partial charge < -0.3 is 5.32 Å². The van der Waals surface area contributed by atoms with Gasteiger partial charge in [0.25, 0.3) is 0 Å². The van der Waals surface area contributed by atoms with Gasteiger partial charge >= 0.3 is 0 Å². The summed E-state index contributed by atoms with van der Waals surface area (Å²) in [6.45, 7) is 3.68. The van der Waals surface area contributed by atoms with Crippen molar-refractivity contribution < 1.29 is 0 Å². The summed E-state index contributed by atoms with van der Waals surface area (Å²) in [5, 5.41) is 3.61.